The van der Waals surface area contributed by atoms with Crippen LogP contribution in [-0.2, 0) is 9.59 Å². The Kier molecular flexibility index (Phi) is 7.21. The molecule has 2 rings (SSSR count). The molecule has 0 spiro atoms. The number of hydrogen-bond donors (Lipinski definition) is 3. The minimum absolute atomic E-state index is 0.0158. The first-order valence-electron chi connectivity index (χ1n) is 8.72. The Balaban J connectivity index is 2.00. The number of nitrogens with one attached hydrogen (secondary N) is 3. The number of quaternary nitrogens is 1. The molecule has 9 nitrogen and oxygen atoms in total. The molecule has 0 bridgehead atoms. The van der Waals surface area contributed by atoms with Gasteiger partial charge in [0.1, 0.15) is 11.6 Å². The van der Waals surface area contributed by atoms with Gasteiger partial charge in [0, 0.05) is 17.8 Å². The van der Waals surface area contributed by atoms with E-state index in [9.17, 15) is 24.1 Å². The standard InChI is InChI=1S/C19H21FN4O5/c1-12(23(2)11-18(25)21-14-6-4-13(20)5-7-14)19(26)22-16-10-15(24(27)28)8-9-17(16)29-3/h4-10,12H,11H2,1-3H3,(H,21,25)(H,22,26)/p+1/t12-/m1/s1. The molecule has 3 N–H and O–H groups in total. The number of rotatable bonds is 8. The van der Waals surface area contributed by atoms with Crippen LogP contribution < -0.4 is 20.3 Å². The molecule has 2 amide bonds. The van der Waals surface area contributed by atoms with Gasteiger partial charge < -0.3 is 20.3 Å². The van der Waals surface area contributed by atoms with Gasteiger partial charge in [0.25, 0.3) is 17.5 Å². The Morgan fingerprint density at radius 1 is 1.21 bits per heavy atom. The number of nitrogens with zero attached hydrogens (tertiary/aromatic N) is 1. The van der Waals surface area contributed by atoms with E-state index in [1.165, 1.54) is 49.6 Å². The summed E-state index contributed by atoms with van der Waals surface area (Å²) in [4.78, 5) is 35.7. The van der Waals surface area contributed by atoms with E-state index in [4.69, 9.17) is 4.74 Å². The van der Waals surface area contributed by atoms with Gasteiger partial charge in [-0.3, -0.25) is 19.7 Å². The molecule has 0 aliphatic carbocycles. The number of nitro benzene ring substituents is 1. The van der Waals surface area contributed by atoms with Crippen molar-refractivity contribution < 1.29 is 28.5 Å². The number of carbonyl (C=O) groups excluding carboxylic acids is 2. The Morgan fingerprint density at radius 3 is 2.45 bits per heavy atom. The number of benzene rings is 2. The van der Waals surface area contributed by atoms with Gasteiger partial charge in [-0.1, -0.05) is 0 Å². The van der Waals surface area contributed by atoms with Crippen molar-refractivity contribution >= 4 is 28.9 Å². The maximum atomic E-state index is 12.9. The molecule has 0 aliphatic rings. The summed E-state index contributed by atoms with van der Waals surface area (Å²) in [6.07, 6.45) is 0. The summed E-state index contributed by atoms with van der Waals surface area (Å²) in [6.45, 7) is 1.61. The molecule has 0 saturated heterocycles. The average molecular weight is 405 g/mol. The lowest BCUT2D eigenvalue weighted by atomic mass is 10.2. The molecular formula is C19H22FN4O5+. The second-order valence-corrected chi connectivity index (χ2v) is 6.43. The number of likely N-dealkylation sites (N-methyl/N-ethyl adjacent to an activating group) is 1. The van der Waals surface area contributed by atoms with Gasteiger partial charge in [0.15, 0.2) is 12.6 Å². The summed E-state index contributed by atoms with van der Waals surface area (Å²) in [5.74, 6) is -0.909. The number of hydrogen-bond acceptors (Lipinski definition) is 5. The van der Waals surface area contributed by atoms with Crippen LogP contribution in [-0.4, -0.2) is 43.5 Å². The number of halogens is 1. The molecule has 10 heteroatoms. The Morgan fingerprint density at radius 2 is 1.86 bits per heavy atom. The molecule has 2 aromatic carbocycles. The van der Waals surface area contributed by atoms with Crippen LogP contribution >= 0.6 is 0 Å². The molecule has 0 aliphatic heterocycles. The monoisotopic (exact) mass is 405 g/mol. The predicted molar refractivity (Wildman–Crippen MR) is 105 cm³/mol. The van der Waals surface area contributed by atoms with Crippen LogP contribution in [0.4, 0.5) is 21.5 Å². The summed E-state index contributed by atoms with van der Waals surface area (Å²) < 4.78 is 18.0. The van der Waals surface area contributed by atoms with E-state index in [0.29, 0.717) is 10.6 Å². The largest absolute Gasteiger partial charge is 0.495 e. The maximum absolute atomic E-state index is 12.9. The van der Waals surface area contributed by atoms with E-state index in [0.717, 1.165) is 0 Å². The van der Waals surface area contributed by atoms with Crippen molar-refractivity contribution in [2.45, 2.75) is 13.0 Å². The highest BCUT2D eigenvalue weighted by atomic mass is 19.1. The van der Waals surface area contributed by atoms with E-state index >= 15 is 0 Å². The van der Waals surface area contributed by atoms with Crippen molar-refractivity contribution in [1.29, 1.82) is 0 Å². The number of non-ortho nitro benzene ring substituents is 1. The lowest BCUT2D eigenvalue weighted by Gasteiger charge is -2.21. The van der Waals surface area contributed by atoms with E-state index < -0.39 is 22.7 Å². The first kappa shape index (κ1) is 21.8. The fourth-order valence-corrected chi connectivity index (χ4v) is 2.52. The average Bonchev–Trinajstić information content (AvgIpc) is 2.68. The molecule has 154 valence electrons. The van der Waals surface area contributed by atoms with Crippen molar-refractivity contribution in [3.8, 4) is 5.75 Å². The quantitative estimate of drug-likeness (QED) is 0.451. The van der Waals surface area contributed by atoms with E-state index in [1.54, 1.807) is 14.0 Å². The summed E-state index contributed by atoms with van der Waals surface area (Å²) in [6, 6.07) is 8.57. The molecule has 2 aromatic rings. The first-order chi connectivity index (χ1) is 13.7. The minimum atomic E-state index is -0.641. The topological polar surface area (TPSA) is 115 Å². The molecule has 1 unspecified atom stereocenters. The summed E-state index contributed by atoms with van der Waals surface area (Å²) in [7, 11) is 3.05. The molecule has 29 heavy (non-hydrogen) atoms. The third-order valence-electron chi connectivity index (χ3n) is 4.35. The molecule has 0 radical (unpaired) electrons. The number of amides is 2. The predicted octanol–water partition coefficient (Wildman–Crippen LogP) is 1.22. The van der Waals surface area contributed by atoms with Gasteiger partial charge in [0.05, 0.1) is 24.8 Å². The van der Waals surface area contributed by atoms with Crippen LogP contribution in [0.25, 0.3) is 0 Å². The van der Waals surface area contributed by atoms with Gasteiger partial charge in [0.2, 0.25) is 0 Å². The highest BCUT2D eigenvalue weighted by Gasteiger charge is 2.25. The fraction of sp³-hybridized carbons (Fsp3) is 0.263. The lowest BCUT2D eigenvalue weighted by Crippen LogP contribution is -3.14. The van der Waals surface area contributed by atoms with Gasteiger partial charge in [-0.15, -0.1) is 0 Å². The zero-order valence-corrected chi connectivity index (χ0v) is 16.2. The van der Waals surface area contributed by atoms with Gasteiger partial charge in [-0.05, 0) is 37.3 Å². The molecule has 0 saturated carbocycles. The van der Waals surface area contributed by atoms with Gasteiger partial charge in [-0.2, -0.15) is 0 Å². The molecule has 2 atom stereocenters. The van der Waals surface area contributed by atoms with Crippen molar-refractivity contribution in [3.63, 3.8) is 0 Å². The number of methoxy groups -OCH3 is 1. The van der Waals surface area contributed by atoms with Crippen LogP contribution in [0.2, 0.25) is 0 Å². The Labute approximate surface area is 166 Å². The van der Waals surface area contributed by atoms with Gasteiger partial charge in [-0.25, -0.2) is 4.39 Å². The third kappa shape index (κ3) is 5.98. The maximum Gasteiger partial charge on any atom is 0.282 e. The van der Waals surface area contributed by atoms with Crippen molar-refractivity contribution in [1.82, 2.24) is 0 Å². The van der Waals surface area contributed by atoms with Crippen molar-refractivity contribution in [3.05, 3.63) is 58.4 Å². The third-order valence-corrected chi connectivity index (χ3v) is 4.35. The number of anilines is 2. The summed E-state index contributed by atoms with van der Waals surface area (Å²) >= 11 is 0. The zero-order chi connectivity index (χ0) is 21.6. The van der Waals surface area contributed by atoms with Crippen LogP contribution in [0.3, 0.4) is 0 Å². The van der Waals surface area contributed by atoms with E-state index in [-0.39, 0.29) is 29.6 Å². The first-order valence-corrected chi connectivity index (χ1v) is 8.72. The minimum Gasteiger partial charge on any atom is -0.495 e. The number of carbonyl (C=O) groups is 2. The lowest BCUT2D eigenvalue weighted by molar-refractivity contribution is -0.885. The number of nitro groups is 1. The van der Waals surface area contributed by atoms with E-state index in [2.05, 4.69) is 10.6 Å². The normalized spacial score (nSPS) is 12.6. The molecular weight excluding hydrogens is 383 g/mol. The Bertz CT molecular complexity index is 904. The molecule has 0 aromatic heterocycles. The van der Waals surface area contributed by atoms with Crippen LogP contribution in [0.5, 0.6) is 5.75 Å². The highest BCUT2D eigenvalue weighted by molar-refractivity contribution is 5.96. The fourth-order valence-electron chi connectivity index (χ4n) is 2.52. The van der Waals surface area contributed by atoms with Crippen molar-refractivity contribution in [2.24, 2.45) is 0 Å². The number of ether oxygens (including phenoxy) is 1. The van der Waals surface area contributed by atoms with Gasteiger partial charge >= 0.3 is 0 Å². The second kappa shape index (κ2) is 9.60. The van der Waals surface area contributed by atoms with E-state index in [1.807, 2.05) is 0 Å². The summed E-state index contributed by atoms with van der Waals surface area (Å²) in [5, 5.41) is 16.2. The van der Waals surface area contributed by atoms with Crippen LogP contribution in [0.15, 0.2) is 42.5 Å². The molecule has 0 fully saturated rings. The second-order valence-electron chi connectivity index (χ2n) is 6.43. The smallest absolute Gasteiger partial charge is 0.282 e. The van der Waals surface area contributed by atoms with Crippen LogP contribution in [0.1, 0.15) is 6.92 Å². The SMILES string of the molecule is COc1ccc([N+](=O)[O-])cc1NC(=O)[C@@H](C)[NH+](C)CC(=O)Nc1ccc(F)cc1. The zero-order valence-electron chi connectivity index (χ0n) is 16.2. The van der Waals surface area contributed by atoms with Crippen molar-refractivity contribution in [2.75, 3.05) is 31.3 Å². The Hall–Kier alpha value is -3.53. The van der Waals surface area contributed by atoms with Crippen LogP contribution in [0, 0.1) is 15.9 Å². The highest BCUT2D eigenvalue weighted by Crippen LogP contribution is 2.28. The summed E-state index contributed by atoms with van der Waals surface area (Å²) in [5.41, 5.74) is 0.429. The molecule has 0 heterocycles.